The van der Waals surface area contributed by atoms with E-state index in [0.29, 0.717) is 32.4 Å². The molecule has 0 heterocycles. The number of esters is 6. The van der Waals surface area contributed by atoms with Gasteiger partial charge in [-0.25, -0.2) is 18.7 Å². The Morgan fingerprint density at radius 2 is 0.521 bits per heavy atom. The molecule has 0 saturated carbocycles. The molecule has 0 radical (unpaired) electrons. The first kappa shape index (κ1) is 116. The number of ether oxygens (including phenoxy) is 6. The standard InChI is InChI=1S/C103H191N3O15/c1-10-16-22-25-28-31-34-37-40-43-46-49-52-55-58-61-72-84-105(8)87-102(114)120-96(78-63-20-14-5)93(108)75-66-69-81-99(111)117-90-91(118-100(112)82-70-67-76-94(109)97(79-64-21-15-6)121-103(115)88-106(9)85-73-60-57-54-51-48-45-42-39-36-33-30-27-24-18-12-3)89-116-98(110)80-68-65-74-92(107)95(77-62-19-13-4)119-101(113)86-104(7)83-71-59-56-53-50-47-44-41-38-35-32-29-26-23-17-11-2/h65-70,91-97,107-109H,7,9-64,71-90H2,1-6,8H3/q+2/b68-65+,69-66+,70-67+. The van der Waals surface area contributed by atoms with Crippen molar-refractivity contribution < 1.29 is 81.7 Å². The van der Waals surface area contributed by atoms with Gasteiger partial charge in [0, 0.05) is 12.8 Å². The summed E-state index contributed by atoms with van der Waals surface area (Å²) in [5.74, 6) is -3.32. The van der Waals surface area contributed by atoms with Crippen LogP contribution in [0.3, 0.4) is 0 Å². The monoisotopic (exact) mass is 1710 g/mol. The van der Waals surface area contributed by atoms with Gasteiger partial charge in [-0.15, -0.1) is 0 Å². The zero-order valence-electron chi connectivity index (χ0n) is 79.5. The van der Waals surface area contributed by atoms with E-state index < -0.39 is 85.8 Å². The van der Waals surface area contributed by atoms with Crippen LogP contribution in [-0.4, -0.2) is 181 Å². The normalized spacial score (nSPS) is 13.5. The summed E-state index contributed by atoms with van der Waals surface area (Å²) in [5.41, 5.74) is 0. The predicted octanol–water partition coefficient (Wildman–Crippen LogP) is 25.1. The average Bonchev–Trinajstić information content (AvgIpc) is 0.924. The maximum Gasteiger partial charge on any atom is 0.372 e. The van der Waals surface area contributed by atoms with Crippen LogP contribution in [0, 0.1) is 0 Å². The van der Waals surface area contributed by atoms with Gasteiger partial charge in [0.1, 0.15) is 58.1 Å². The molecule has 7 unspecified atom stereocenters. The topological polar surface area (TPSA) is 228 Å². The van der Waals surface area contributed by atoms with Crippen LogP contribution >= 0.6 is 0 Å². The van der Waals surface area contributed by atoms with Crippen LogP contribution in [0.15, 0.2) is 36.5 Å². The van der Waals surface area contributed by atoms with Crippen molar-refractivity contribution in [3.05, 3.63) is 36.5 Å². The number of nitrogens with zero attached hydrogens (tertiary/aromatic N) is 3. The molecule has 18 heteroatoms. The van der Waals surface area contributed by atoms with Crippen LogP contribution in [0.25, 0.3) is 0 Å². The summed E-state index contributed by atoms with van der Waals surface area (Å²) in [6.07, 6.45) is 75.7. The van der Waals surface area contributed by atoms with Crippen molar-refractivity contribution in [1.29, 1.82) is 0 Å². The minimum atomic E-state index is -1.20. The fraction of sp³-hybridized carbons (Fsp3) is 0.864. The summed E-state index contributed by atoms with van der Waals surface area (Å²) in [6.45, 7) is 22.7. The molecule has 0 aromatic rings. The van der Waals surface area contributed by atoms with Gasteiger partial charge in [-0.1, -0.05) is 399 Å². The highest BCUT2D eigenvalue weighted by atomic mass is 16.6. The van der Waals surface area contributed by atoms with Crippen molar-refractivity contribution in [2.75, 3.05) is 59.5 Å². The number of hydrogen-bond donors (Lipinski definition) is 3. The Kier molecular flexibility index (Phi) is 85.1. The number of carbonyl (C=O) groups excluding carboxylic acids is 6. The zero-order chi connectivity index (χ0) is 88.8. The van der Waals surface area contributed by atoms with Gasteiger partial charge in [0.05, 0.1) is 44.1 Å². The van der Waals surface area contributed by atoms with Crippen LogP contribution in [0.2, 0.25) is 0 Å². The molecular weight excluding hydrogens is 1520 g/mol. The lowest BCUT2D eigenvalue weighted by Gasteiger charge is -2.24. The van der Waals surface area contributed by atoms with Gasteiger partial charge < -0.3 is 43.7 Å². The number of rotatable bonds is 93. The second kappa shape index (κ2) is 88.6. The van der Waals surface area contributed by atoms with Crippen LogP contribution < -0.4 is 0 Å². The maximum atomic E-state index is 13.5. The third-order valence-electron chi connectivity index (χ3n) is 23.5. The van der Waals surface area contributed by atoms with Gasteiger partial charge in [0.25, 0.3) is 0 Å². The summed E-state index contributed by atoms with van der Waals surface area (Å²) in [5, 5.41) is 34.1. The molecule has 0 bridgehead atoms. The summed E-state index contributed by atoms with van der Waals surface area (Å²) in [6, 6.07) is 0. The molecule has 0 amide bonds. The molecule has 3 N–H and O–H groups in total. The third kappa shape index (κ3) is 79.6. The van der Waals surface area contributed by atoms with Crippen LogP contribution in [-0.2, 0) is 57.2 Å². The second-order valence-electron chi connectivity index (χ2n) is 35.6. The number of aliphatic hydroxyl groups is 3. The lowest BCUT2D eigenvalue weighted by atomic mass is 10.0. The first-order valence-corrected chi connectivity index (χ1v) is 50.8. The van der Waals surface area contributed by atoms with Crippen LogP contribution in [0.5, 0.6) is 0 Å². The first-order valence-electron chi connectivity index (χ1n) is 50.8. The van der Waals surface area contributed by atoms with E-state index in [4.69, 9.17) is 28.4 Å². The minimum Gasteiger partial charge on any atom is -0.461 e. The molecule has 0 aromatic carbocycles. The quantitative estimate of drug-likeness (QED) is 0.0128. The van der Waals surface area contributed by atoms with Crippen molar-refractivity contribution in [3.63, 3.8) is 0 Å². The number of likely N-dealkylation sites (N-methyl/N-ethyl adjacent to an activating group) is 1. The van der Waals surface area contributed by atoms with Gasteiger partial charge in [-0.05, 0) is 90.6 Å². The van der Waals surface area contributed by atoms with E-state index in [2.05, 4.69) is 55.0 Å². The summed E-state index contributed by atoms with van der Waals surface area (Å²) in [4.78, 5) is 81.8. The Balaban J connectivity index is 5.73. The Morgan fingerprint density at radius 1 is 0.289 bits per heavy atom. The molecule has 121 heavy (non-hydrogen) atoms. The molecule has 0 rings (SSSR count). The van der Waals surface area contributed by atoms with Crippen molar-refractivity contribution in [1.82, 2.24) is 4.90 Å². The van der Waals surface area contributed by atoms with Crippen molar-refractivity contribution >= 4 is 49.3 Å². The molecule has 0 fully saturated rings. The highest BCUT2D eigenvalue weighted by Gasteiger charge is 2.28. The lowest BCUT2D eigenvalue weighted by Crippen LogP contribution is -2.35. The fourth-order valence-corrected chi connectivity index (χ4v) is 15.6. The van der Waals surface area contributed by atoms with Crippen molar-refractivity contribution in [2.45, 2.75) is 514 Å². The van der Waals surface area contributed by atoms with Gasteiger partial charge in [0.2, 0.25) is 13.1 Å². The van der Waals surface area contributed by atoms with E-state index in [1.54, 1.807) is 45.6 Å². The van der Waals surface area contributed by atoms with E-state index in [1.807, 2.05) is 11.9 Å². The van der Waals surface area contributed by atoms with Gasteiger partial charge in [0.15, 0.2) is 6.10 Å². The second-order valence-corrected chi connectivity index (χ2v) is 35.6. The predicted molar refractivity (Wildman–Crippen MR) is 502 cm³/mol. The molecule has 7 atom stereocenters. The fourth-order valence-electron chi connectivity index (χ4n) is 15.6. The largest absolute Gasteiger partial charge is 0.461 e. The van der Waals surface area contributed by atoms with E-state index >= 15 is 0 Å². The number of aliphatic hydroxyl groups excluding tert-OH is 3. The third-order valence-corrected chi connectivity index (χ3v) is 23.5. The van der Waals surface area contributed by atoms with Crippen molar-refractivity contribution in [2.24, 2.45) is 0 Å². The smallest absolute Gasteiger partial charge is 0.372 e. The molecule has 0 aliphatic carbocycles. The Morgan fingerprint density at radius 3 is 0.793 bits per heavy atom. The first-order chi connectivity index (χ1) is 58.9. The SMILES string of the molecule is C=[N+](CCCCCCCCCCCCCCCCCC)CC(=O)OC(CCCCC)C(O)C/C=C/CC(=O)OCC(COC(=O)C/C=C/CC(O)C(CCCCC)OC(=O)CN(C)CCCCCCCCCCCCCCCCCCC)OC(=O)C/C=C/CC(O)C(CCCCC)OC(=O)C[N+](=C)CCCCCCCCCCCCCCCCCC. The molecule has 0 saturated heterocycles. The van der Waals surface area contributed by atoms with Crippen LogP contribution in [0.1, 0.15) is 472 Å². The molecule has 0 spiro atoms. The zero-order valence-corrected chi connectivity index (χ0v) is 79.5. The highest BCUT2D eigenvalue weighted by molar-refractivity contribution is 5.74. The summed E-state index contributed by atoms with van der Waals surface area (Å²) >= 11 is 0. The Hall–Kier alpha value is -4.78. The Bertz CT molecular complexity index is 2520. The van der Waals surface area contributed by atoms with Gasteiger partial charge in [-0.3, -0.25) is 24.1 Å². The Labute approximate surface area is 742 Å². The van der Waals surface area contributed by atoms with E-state index in [0.717, 1.165) is 103 Å². The summed E-state index contributed by atoms with van der Waals surface area (Å²) < 4.78 is 38.1. The molecule has 0 aliphatic rings. The van der Waals surface area contributed by atoms with E-state index in [9.17, 15) is 44.1 Å². The molecule has 706 valence electrons. The highest BCUT2D eigenvalue weighted by Crippen LogP contribution is 2.23. The van der Waals surface area contributed by atoms with Gasteiger partial charge in [-0.2, -0.15) is 0 Å². The minimum absolute atomic E-state index is 0.0127. The molecule has 0 aliphatic heterocycles. The van der Waals surface area contributed by atoms with Crippen LogP contribution in [0.4, 0.5) is 0 Å². The lowest BCUT2D eigenvalue weighted by molar-refractivity contribution is -0.511. The average molecular weight is 1710 g/mol. The van der Waals surface area contributed by atoms with Crippen molar-refractivity contribution in [3.8, 4) is 0 Å². The van der Waals surface area contributed by atoms with Gasteiger partial charge >= 0.3 is 35.8 Å². The van der Waals surface area contributed by atoms with E-state index in [1.165, 1.54) is 276 Å². The molecule has 18 nitrogen and oxygen atoms in total. The van der Waals surface area contributed by atoms with E-state index in [-0.39, 0.29) is 64.1 Å². The molecule has 0 aromatic heterocycles. The number of hydrogen-bond acceptors (Lipinski definition) is 16. The summed E-state index contributed by atoms with van der Waals surface area (Å²) in [7, 11) is 1.93. The molecular formula is C103H191N3O15+2. The number of carbonyl (C=O) groups is 6. The maximum absolute atomic E-state index is 13.5. The number of unbranched alkanes of at least 4 members (excludes halogenated alkanes) is 52.